The first-order valence-electron chi connectivity index (χ1n) is 10.1. The van der Waals surface area contributed by atoms with Crippen molar-refractivity contribution in [2.45, 2.75) is 46.3 Å². The standard InChI is InChI=1S/C24H29N3O2/c1-18(2)29-23-8-4-6-20(16-23)7-5-13-26-24(28)22-11-9-21(10-12-22)17-27-15-14-25-19(27)3/h4,6,8-12,14-16,18H,5,7,13,17H2,1-3H3,(H,26,28). The first-order valence-corrected chi connectivity index (χ1v) is 10.1. The van der Waals surface area contributed by atoms with E-state index < -0.39 is 0 Å². The molecule has 0 saturated carbocycles. The van der Waals surface area contributed by atoms with Crippen LogP contribution in [0.5, 0.6) is 5.75 Å². The number of imidazole rings is 1. The second kappa shape index (κ2) is 9.92. The van der Waals surface area contributed by atoms with E-state index in [0.29, 0.717) is 12.1 Å². The van der Waals surface area contributed by atoms with E-state index in [1.54, 1.807) is 6.20 Å². The van der Waals surface area contributed by atoms with Crippen LogP contribution in [0.4, 0.5) is 0 Å². The molecule has 0 aliphatic heterocycles. The highest BCUT2D eigenvalue weighted by Gasteiger charge is 2.06. The number of ether oxygens (including phenoxy) is 1. The number of hydrogen-bond acceptors (Lipinski definition) is 3. The quantitative estimate of drug-likeness (QED) is 0.551. The van der Waals surface area contributed by atoms with Crippen LogP contribution >= 0.6 is 0 Å². The third kappa shape index (κ3) is 6.21. The Kier molecular flexibility index (Phi) is 7.06. The van der Waals surface area contributed by atoms with Gasteiger partial charge in [0.1, 0.15) is 11.6 Å². The molecule has 0 fully saturated rings. The summed E-state index contributed by atoms with van der Waals surface area (Å²) >= 11 is 0. The van der Waals surface area contributed by atoms with E-state index in [9.17, 15) is 4.79 Å². The van der Waals surface area contributed by atoms with Crippen LogP contribution in [0.15, 0.2) is 60.9 Å². The van der Waals surface area contributed by atoms with Crippen LogP contribution in [-0.4, -0.2) is 28.1 Å². The highest BCUT2D eigenvalue weighted by Crippen LogP contribution is 2.16. The van der Waals surface area contributed by atoms with Crippen LogP contribution in [0.2, 0.25) is 0 Å². The largest absolute Gasteiger partial charge is 0.491 e. The molecular weight excluding hydrogens is 362 g/mol. The van der Waals surface area contributed by atoms with Gasteiger partial charge in [0.25, 0.3) is 5.91 Å². The van der Waals surface area contributed by atoms with Gasteiger partial charge in [-0.3, -0.25) is 4.79 Å². The van der Waals surface area contributed by atoms with Crippen molar-refractivity contribution < 1.29 is 9.53 Å². The number of carbonyl (C=O) groups is 1. The Morgan fingerprint density at radius 2 is 1.93 bits per heavy atom. The van der Waals surface area contributed by atoms with E-state index in [1.807, 2.05) is 63.4 Å². The molecule has 0 bridgehead atoms. The van der Waals surface area contributed by atoms with Crippen LogP contribution < -0.4 is 10.1 Å². The predicted octanol–water partition coefficient (Wildman–Crippen LogP) is 4.39. The maximum Gasteiger partial charge on any atom is 0.251 e. The molecule has 1 aromatic heterocycles. The lowest BCUT2D eigenvalue weighted by Gasteiger charge is -2.11. The minimum atomic E-state index is -0.0350. The second-order valence-electron chi connectivity index (χ2n) is 7.47. The summed E-state index contributed by atoms with van der Waals surface area (Å²) in [6, 6.07) is 15.9. The van der Waals surface area contributed by atoms with Gasteiger partial charge in [0, 0.05) is 31.0 Å². The van der Waals surface area contributed by atoms with E-state index in [0.717, 1.165) is 36.5 Å². The lowest BCUT2D eigenvalue weighted by molar-refractivity contribution is 0.0953. The number of hydrogen-bond donors (Lipinski definition) is 1. The maximum absolute atomic E-state index is 12.4. The monoisotopic (exact) mass is 391 g/mol. The molecule has 0 atom stereocenters. The van der Waals surface area contributed by atoms with Crippen LogP contribution in [0, 0.1) is 6.92 Å². The molecule has 1 heterocycles. The first-order chi connectivity index (χ1) is 14.0. The van der Waals surface area contributed by atoms with Crippen molar-refractivity contribution >= 4 is 5.91 Å². The zero-order chi connectivity index (χ0) is 20.6. The average Bonchev–Trinajstić information content (AvgIpc) is 3.10. The van der Waals surface area contributed by atoms with Gasteiger partial charge in [0.2, 0.25) is 0 Å². The minimum absolute atomic E-state index is 0.0350. The molecule has 2 aromatic carbocycles. The Hall–Kier alpha value is -3.08. The molecule has 3 aromatic rings. The molecule has 5 heteroatoms. The van der Waals surface area contributed by atoms with Crippen LogP contribution in [0.25, 0.3) is 0 Å². The summed E-state index contributed by atoms with van der Waals surface area (Å²) in [5, 5.41) is 3.00. The molecule has 0 saturated heterocycles. The summed E-state index contributed by atoms with van der Waals surface area (Å²) in [6.45, 7) is 7.42. The van der Waals surface area contributed by atoms with E-state index in [1.165, 1.54) is 5.56 Å². The zero-order valence-electron chi connectivity index (χ0n) is 17.4. The van der Waals surface area contributed by atoms with E-state index in [2.05, 4.69) is 27.0 Å². The molecule has 0 spiro atoms. The minimum Gasteiger partial charge on any atom is -0.491 e. The zero-order valence-corrected chi connectivity index (χ0v) is 17.4. The number of aryl methyl sites for hydroxylation is 2. The van der Waals surface area contributed by atoms with E-state index >= 15 is 0 Å². The summed E-state index contributed by atoms with van der Waals surface area (Å²) in [7, 11) is 0. The Morgan fingerprint density at radius 1 is 1.14 bits per heavy atom. The van der Waals surface area contributed by atoms with Gasteiger partial charge >= 0.3 is 0 Å². The van der Waals surface area contributed by atoms with E-state index in [-0.39, 0.29) is 12.0 Å². The fourth-order valence-electron chi connectivity index (χ4n) is 3.17. The highest BCUT2D eigenvalue weighted by molar-refractivity contribution is 5.94. The Balaban J connectivity index is 1.44. The molecule has 1 N–H and O–H groups in total. The van der Waals surface area contributed by atoms with Crippen molar-refractivity contribution in [3.05, 3.63) is 83.4 Å². The van der Waals surface area contributed by atoms with Gasteiger partial charge in [-0.15, -0.1) is 0 Å². The topological polar surface area (TPSA) is 56.2 Å². The third-order valence-corrected chi connectivity index (χ3v) is 4.69. The van der Waals surface area contributed by atoms with Crippen LogP contribution in [-0.2, 0) is 13.0 Å². The van der Waals surface area contributed by atoms with Crippen molar-refractivity contribution in [1.82, 2.24) is 14.9 Å². The molecular formula is C24H29N3O2. The Bertz CT molecular complexity index is 929. The van der Waals surface area contributed by atoms with Crippen LogP contribution in [0.1, 0.15) is 47.6 Å². The van der Waals surface area contributed by atoms with Gasteiger partial charge in [0.05, 0.1) is 6.10 Å². The number of carbonyl (C=O) groups excluding carboxylic acids is 1. The maximum atomic E-state index is 12.4. The normalized spacial score (nSPS) is 10.9. The summed E-state index contributed by atoms with van der Waals surface area (Å²) < 4.78 is 7.81. The molecule has 3 rings (SSSR count). The molecule has 152 valence electrons. The van der Waals surface area contributed by atoms with Gasteiger partial charge in [0.15, 0.2) is 0 Å². The Labute approximate surface area is 172 Å². The lowest BCUT2D eigenvalue weighted by atomic mass is 10.1. The van der Waals surface area contributed by atoms with Crippen molar-refractivity contribution in [2.75, 3.05) is 6.54 Å². The number of rotatable bonds is 9. The molecule has 29 heavy (non-hydrogen) atoms. The lowest BCUT2D eigenvalue weighted by Crippen LogP contribution is -2.24. The molecule has 0 unspecified atom stereocenters. The van der Waals surface area contributed by atoms with Gasteiger partial charge in [-0.1, -0.05) is 24.3 Å². The van der Waals surface area contributed by atoms with Gasteiger partial charge in [-0.25, -0.2) is 4.98 Å². The number of nitrogens with one attached hydrogen (secondary N) is 1. The number of aromatic nitrogens is 2. The van der Waals surface area contributed by atoms with E-state index in [4.69, 9.17) is 4.74 Å². The average molecular weight is 392 g/mol. The van der Waals surface area contributed by atoms with Gasteiger partial charge in [-0.2, -0.15) is 0 Å². The Morgan fingerprint density at radius 3 is 2.62 bits per heavy atom. The number of benzene rings is 2. The molecule has 0 aliphatic rings. The van der Waals surface area contributed by atoms with Crippen molar-refractivity contribution in [3.63, 3.8) is 0 Å². The highest BCUT2D eigenvalue weighted by atomic mass is 16.5. The summed E-state index contributed by atoms with van der Waals surface area (Å²) in [4.78, 5) is 16.6. The second-order valence-corrected chi connectivity index (χ2v) is 7.47. The fourth-order valence-corrected chi connectivity index (χ4v) is 3.17. The van der Waals surface area contributed by atoms with Crippen molar-refractivity contribution in [3.8, 4) is 5.75 Å². The summed E-state index contributed by atoms with van der Waals surface area (Å²) in [5.74, 6) is 1.84. The molecule has 0 aliphatic carbocycles. The first kappa shape index (κ1) is 20.6. The van der Waals surface area contributed by atoms with Gasteiger partial charge in [-0.05, 0) is 69.0 Å². The number of amides is 1. The molecule has 0 radical (unpaired) electrons. The smallest absolute Gasteiger partial charge is 0.251 e. The molecule has 1 amide bonds. The predicted molar refractivity (Wildman–Crippen MR) is 115 cm³/mol. The fraction of sp³-hybridized carbons (Fsp3) is 0.333. The number of nitrogens with zero attached hydrogens (tertiary/aromatic N) is 2. The van der Waals surface area contributed by atoms with Crippen molar-refractivity contribution in [2.24, 2.45) is 0 Å². The molecule has 5 nitrogen and oxygen atoms in total. The van der Waals surface area contributed by atoms with Crippen molar-refractivity contribution in [1.29, 1.82) is 0 Å². The summed E-state index contributed by atoms with van der Waals surface area (Å²) in [6.07, 6.45) is 5.71. The van der Waals surface area contributed by atoms with Crippen LogP contribution in [0.3, 0.4) is 0 Å². The summed E-state index contributed by atoms with van der Waals surface area (Å²) in [5.41, 5.74) is 3.05. The van der Waals surface area contributed by atoms with Gasteiger partial charge < -0.3 is 14.6 Å². The third-order valence-electron chi connectivity index (χ3n) is 4.69. The SMILES string of the molecule is Cc1nccn1Cc1ccc(C(=O)NCCCc2cccc(OC(C)C)c2)cc1.